The van der Waals surface area contributed by atoms with Crippen LogP contribution in [0.4, 0.5) is 0 Å². The molecular formula is C5H7Cl2NO. The minimum atomic E-state index is -0.911. The van der Waals surface area contributed by atoms with Gasteiger partial charge in [0.25, 0.3) is 5.91 Å². The Morgan fingerprint density at radius 3 is 2.44 bits per heavy atom. The van der Waals surface area contributed by atoms with E-state index in [1.807, 2.05) is 0 Å². The third kappa shape index (κ3) is 2.41. The SMILES string of the molecule is O=C(NC1CC1)C(Cl)Cl. The normalized spacial score (nSPS) is 18.1. The van der Waals surface area contributed by atoms with Crippen molar-refractivity contribution in [3.8, 4) is 0 Å². The van der Waals surface area contributed by atoms with E-state index >= 15 is 0 Å². The first kappa shape index (κ1) is 7.16. The Labute approximate surface area is 63.5 Å². The number of alkyl halides is 2. The molecule has 1 rings (SSSR count). The molecule has 0 spiro atoms. The fourth-order valence-corrected chi connectivity index (χ4v) is 0.618. The highest BCUT2D eigenvalue weighted by atomic mass is 35.5. The molecule has 0 aromatic rings. The fourth-order valence-electron chi connectivity index (χ4n) is 0.492. The molecule has 0 aromatic carbocycles. The van der Waals surface area contributed by atoms with Gasteiger partial charge in [-0.15, -0.1) is 0 Å². The van der Waals surface area contributed by atoms with Gasteiger partial charge in [0.2, 0.25) is 0 Å². The predicted octanol–water partition coefficient (Wildman–Crippen LogP) is 1.07. The van der Waals surface area contributed by atoms with Gasteiger partial charge in [-0.3, -0.25) is 4.79 Å². The lowest BCUT2D eigenvalue weighted by Crippen LogP contribution is -2.30. The Bertz CT molecular complexity index is 122. The van der Waals surface area contributed by atoms with Crippen LogP contribution in [0.5, 0.6) is 0 Å². The Morgan fingerprint density at radius 1 is 1.56 bits per heavy atom. The van der Waals surface area contributed by atoms with Crippen molar-refractivity contribution >= 4 is 29.1 Å². The summed E-state index contributed by atoms with van der Waals surface area (Å²) >= 11 is 10.5. The summed E-state index contributed by atoms with van der Waals surface area (Å²) in [6.07, 6.45) is 2.12. The van der Waals surface area contributed by atoms with Gasteiger partial charge in [-0.1, -0.05) is 23.2 Å². The molecule has 9 heavy (non-hydrogen) atoms. The molecule has 0 atom stereocenters. The highest BCUT2D eigenvalue weighted by Crippen LogP contribution is 2.19. The molecule has 0 aromatic heterocycles. The van der Waals surface area contributed by atoms with Crippen molar-refractivity contribution in [3.05, 3.63) is 0 Å². The maximum Gasteiger partial charge on any atom is 0.253 e. The van der Waals surface area contributed by atoms with Gasteiger partial charge in [-0.05, 0) is 12.8 Å². The van der Waals surface area contributed by atoms with E-state index in [2.05, 4.69) is 5.32 Å². The molecule has 0 heterocycles. The van der Waals surface area contributed by atoms with Gasteiger partial charge in [-0.25, -0.2) is 0 Å². The average molecular weight is 168 g/mol. The lowest BCUT2D eigenvalue weighted by atomic mass is 10.6. The Balaban J connectivity index is 2.17. The predicted molar refractivity (Wildman–Crippen MR) is 36.7 cm³/mol. The molecule has 2 nitrogen and oxygen atoms in total. The van der Waals surface area contributed by atoms with Gasteiger partial charge in [-0.2, -0.15) is 0 Å². The number of carbonyl (C=O) groups is 1. The summed E-state index contributed by atoms with van der Waals surface area (Å²) in [4.78, 5) is 9.71. The summed E-state index contributed by atoms with van der Waals surface area (Å²) in [6, 6.07) is 0.345. The second-order valence-electron chi connectivity index (χ2n) is 2.08. The number of amides is 1. The minimum absolute atomic E-state index is 0.277. The van der Waals surface area contributed by atoms with Crippen LogP contribution < -0.4 is 5.32 Å². The molecule has 1 aliphatic carbocycles. The third-order valence-electron chi connectivity index (χ3n) is 1.12. The number of carbonyl (C=O) groups excluding carboxylic acids is 1. The van der Waals surface area contributed by atoms with E-state index in [0.717, 1.165) is 12.8 Å². The second-order valence-corrected chi connectivity index (χ2v) is 3.18. The Kier molecular flexibility index (Phi) is 2.19. The molecule has 1 N–H and O–H groups in total. The highest BCUT2D eigenvalue weighted by Gasteiger charge is 2.25. The summed E-state index contributed by atoms with van der Waals surface area (Å²) in [5.74, 6) is -0.277. The van der Waals surface area contributed by atoms with E-state index < -0.39 is 4.84 Å². The van der Waals surface area contributed by atoms with Crippen LogP contribution in [0.1, 0.15) is 12.8 Å². The first-order chi connectivity index (χ1) is 4.20. The van der Waals surface area contributed by atoms with Gasteiger partial charge >= 0.3 is 0 Å². The van der Waals surface area contributed by atoms with Crippen LogP contribution in [-0.4, -0.2) is 16.8 Å². The van der Waals surface area contributed by atoms with Crippen molar-refractivity contribution in [2.75, 3.05) is 0 Å². The largest absolute Gasteiger partial charge is 0.351 e. The summed E-state index contributed by atoms with van der Waals surface area (Å²) in [6.45, 7) is 0. The van der Waals surface area contributed by atoms with Crippen molar-refractivity contribution in [2.45, 2.75) is 23.7 Å². The smallest absolute Gasteiger partial charge is 0.253 e. The maximum atomic E-state index is 10.6. The molecular weight excluding hydrogens is 161 g/mol. The lowest BCUT2D eigenvalue weighted by Gasteiger charge is -2.00. The van der Waals surface area contributed by atoms with Gasteiger partial charge in [0.15, 0.2) is 4.84 Å². The molecule has 0 bridgehead atoms. The minimum Gasteiger partial charge on any atom is -0.351 e. The molecule has 1 saturated carbocycles. The van der Waals surface area contributed by atoms with E-state index in [1.54, 1.807) is 0 Å². The fraction of sp³-hybridized carbons (Fsp3) is 0.800. The van der Waals surface area contributed by atoms with Crippen molar-refractivity contribution in [1.29, 1.82) is 0 Å². The molecule has 0 aliphatic heterocycles. The van der Waals surface area contributed by atoms with Crippen molar-refractivity contribution in [2.24, 2.45) is 0 Å². The van der Waals surface area contributed by atoms with Crippen LogP contribution in [0.25, 0.3) is 0 Å². The number of rotatable bonds is 2. The number of hydrogen-bond acceptors (Lipinski definition) is 1. The number of halogens is 2. The quantitative estimate of drug-likeness (QED) is 0.614. The van der Waals surface area contributed by atoms with E-state index in [1.165, 1.54) is 0 Å². The average Bonchev–Trinajstić information content (AvgIpc) is 2.50. The molecule has 4 heteroatoms. The van der Waals surface area contributed by atoms with Crippen molar-refractivity contribution in [1.82, 2.24) is 5.32 Å². The van der Waals surface area contributed by atoms with Gasteiger partial charge in [0, 0.05) is 6.04 Å². The first-order valence-electron chi connectivity index (χ1n) is 2.78. The zero-order valence-electron chi connectivity index (χ0n) is 4.73. The van der Waals surface area contributed by atoms with Crippen LogP contribution in [-0.2, 0) is 4.79 Å². The van der Waals surface area contributed by atoms with Crippen molar-refractivity contribution < 1.29 is 4.79 Å². The molecule has 1 amide bonds. The molecule has 0 radical (unpaired) electrons. The highest BCUT2D eigenvalue weighted by molar-refractivity contribution is 6.53. The van der Waals surface area contributed by atoms with E-state index in [0.29, 0.717) is 6.04 Å². The van der Waals surface area contributed by atoms with Crippen LogP contribution in [0.2, 0.25) is 0 Å². The number of hydrogen-bond donors (Lipinski definition) is 1. The molecule has 0 saturated heterocycles. The van der Waals surface area contributed by atoms with Gasteiger partial charge in [0.05, 0.1) is 0 Å². The van der Waals surface area contributed by atoms with Gasteiger partial charge in [0.1, 0.15) is 0 Å². The lowest BCUT2D eigenvalue weighted by molar-refractivity contribution is -0.119. The second kappa shape index (κ2) is 2.76. The van der Waals surface area contributed by atoms with Crippen LogP contribution in [0.15, 0.2) is 0 Å². The first-order valence-corrected chi connectivity index (χ1v) is 3.66. The summed E-state index contributed by atoms with van der Waals surface area (Å²) in [5, 5.41) is 2.65. The van der Waals surface area contributed by atoms with Crippen molar-refractivity contribution in [3.63, 3.8) is 0 Å². The van der Waals surface area contributed by atoms with E-state index in [4.69, 9.17) is 23.2 Å². The Morgan fingerprint density at radius 2 is 2.11 bits per heavy atom. The summed E-state index contributed by atoms with van der Waals surface area (Å²) in [7, 11) is 0. The molecule has 1 fully saturated rings. The standard InChI is InChI=1S/C5H7Cl2NO/c6-4(7)5(9)8-3-1-2-3/h3-4H,1-2H2,(H,8,9). The third-order valence-corrected chi connectivity index (χ3v) is 1.52. The topological polar surface area (TPSA) is 29.1 Å². The zero-order chi connectivity index (χ0) is 6.85. The number of nitrogens with one attached hydrogen (secondary N) is 1. The summed E-state index contributed by atoms with van der Waals surface area (Å²) in [5.41, 5.74) is 0. The Hall–Kier alpha value is 0.0500. The van der Waals surface area contributed by atoms with Crippen LogP contribution >= 0.6 is 23.2 Å². The molecule has 52 valence electrons. The van der Waals surface area contributed by atoms with E-state index in [9.17, 15) is 4.79 Å². The van der Waals surface area contributed by atoms with Crippen LogP contribution in [0.3, 0.4) is 0 Å². The monoisotopic (exact) mass is 167 g/mol. The maximum absolute atomic E-state index is 10.6. The zero-order valence-corrected chi connectivity index (χ0v) is 6.24. The molecule has 1 aliphatic rings. The summed E-state index contributed by atoms with van der Waals surface area (Å²) < 4.78 is 0. The van der Waals surface area contributed by atoms with E-state index in [-0.39, 0.29) is 5.91 Å². The van der Waals surface area contributed by atoms with Gasteiger partial charge < -0.3 is 5.32 Å². The van der Waals surface area contributed by atoms with Crippen LogP contribution in [0, 0.1) is 0 Å². The molecule has 0 unspecified atom stereocenters.